The van der Waals surface area contributed by atoms with Crippen molar-refractivity contribution < 1.29 is 4.74 Å². The first kappa shape index (κ1) is 13.8. The lowest BCUT2D eigenvalue weighted by Crippen LogP contribution is -2.07. The van der Waals surface area contributed by atoms with Gasteiger partial charge in [-0.25, -0.2) is 0 Å². The molecule has 0 saturated heterocycles. The maximum absolute atomic E-state index is 8.92. The molecule has 0 atom stereocenters. The van der Waals surface area contributed by atoms with Crippen LogP contribution in [-0.2, 0) is 4.74 Å². The van der Waals surface area contributed by atoms with Crippen molar-refractivity contribution in [3.63, 3.8) is 0 Å². The summed E-state index contributed by atoms with van der Waals surface area (Å²) in [7, 11) is 0. The molecule has 0 unspecified atom stereocenters. The normalized spacial score (nSPS) is 9.94. The van der Waals surface area contributed by atoms with E-state index in [2.05, 4.69) is 18.3 Å². The van der Waals surface area contributed by atoms with Gasteiger partial charge in [-0.05, 0) is 31.0 Å². The molecule has 0 bridgehead atoms. The fourth-order valence-corrected chi connectivity index (χ4v) is 1.58. The van der Waals surface area contributed by atoms with Crippen molar-refractivity contribution in [3.8, 4) is 6.07 Å². The molecule has 92 valence electrons. The third kappa shape index (κ3) is 5.08. The summed E-state index contributed by atoms with van der Waals surface area (Å²) < 4.78 is 5.37. The fourth-order valence-electron chi connectivity index (χ4n) is 1.40. The number of hydrogen-bond acceptors (Lipinski definition) is 3. The topological polar surface area (TPSA) is 45.0 Å². The highest BCUT2D eigenvalue weighted by Gasteiger charge is 2.01. The molecule has 0 amide bonds. The molecule has 4 heteroatoms. The zero-order valence-corrected chi connectivity index (χ0v) is 10.8. The smallest absolute Gasteiger partial charge is 0.101 e. The zero-order chi connectivity index (χ0) is 12.5. The van der Waals surface area contributed by atoms with Gasteiger partial charge < -0.3 is 10.1 Å². The molecule has 1 rings (SSSR count). The van der Waals surface area contributed by atoms with E-state index in [0.29, 0.717) is 10.6 Å². The van der Waals surface area contributed by atoms with Crippen LogP contribution in [0.15, 0.2) is 18.2 Å². The fraction of sp³-hybridized carbons (Fsp3) is 0.462. The van der Waals surface area contributed by atoms with Crippen molar-refractivity contribution in [3.05, 3.63) is 28.8 Å². The number of ether oxygens (including phenoxy) is 1. The van der Waals surface area contributed by atoms with Gasteiger partial charge in [0.25, 0.3) is 0 Å². The number of rotatable bonds is 7. The SMILES string of the molecule is CCCOCCCNc1cc(Cl)ccc1C#N. The largest absolute Gasteiger partial charge is 0.384 e. The molecule has 1 N–H and O–H groups in total. The van der Waals surface area contributed by atoms with Crippen molar-refractivity contribution >= 4 is 17.3 Å². The number of nitriles is 1. The van der Waals surface area contributed by atoms with Crippen LogP contribution in [0.2, 0.25) is 5.02 Å². The number of nitrogens with zero attached hydrogens (tertiary/aromatic N) is 1. The number of benzene rings is 1. The molecule has 0 saturated carbocycles. The van der Waals surface area contributed by atoms with Crippen LogP contribution < -0.4 is 5.32 Å². The summed E-state index contributed by atoms with van der Waals surface area (Å²) in [6.45, 7) is 4.41. The van der Waals surface area contributed by atoms with Crippen molar-refractivity contribution in [2.24, 2.45) is 0 Å². The molecule has 0 aliphatic rings. The minimum absolute atomic E-state index is 0.615. The van der Waals surface area contributed by atoms with Crippen LogP contribution in [-0.4, -0.2) is 19.8 Å². The summed E-state index contributed by atoms with van der Waals surface area (Å²) in [5.41, 5.74) is 1.40. The van der Waals surface area contributed by atoms with Crippen LogP contribution in [0.5, 0.6) is 0 Å². The first-order valence-corrected chi connectivity index (χ1v) is 6.17. The molecule has 0 fully saturated rings. The van der Waals surface area contributed by atoms with Gasteiger partial charge in [-0.1, -0.05) is 18.5 Å². The second-order valence-electron chi connectivity index (χ2n) is 3.69. The molecular weight excluding hydrogens is 236 g/mol. The van der Waals surface area contributed by atoms with Crippen LogP contribution in [0.3, 0.4) is 0 Å². The van der Waals surface area contributed by atoms with Crippen molar-refractivity contribution in [2.75, 3.05) is 25.1 Å². The van der Waals surface area contributed by atoms with Crippen LogP contribution in [0.1, 0.15) is 25.3 Å². The maximum atomic E-state index is 8.92. The van der Waals surface area contributed by atoms with Crippen molar-refractivity contribution in [1.82, 2.24) is 0 Å². The molecule has 0 spiro atoms. The van der Waals surface area contributed by atoms with Crippen molar-refractivity contribution in [2.45, 2.75) is 19.8 Å². The zero-order valence-electron chi connectivity index (χ0n) is 10.0. The van der Waals surface area contributed by atoms with E-state index < -0.39 is 0 Å². The van der Waals surface area contributed by atoms with E-state index in [9.17, 15) is 0 Å². The van der Waals surface area contributed by atoms with E-state index in [1.807, 2.05) is 0 Å². The minimum atomic E-state index is 0.615. The van der Waals surface area contributed by atoms with E-state index in [4.69, 9.17) is 21.6 Å². The molecule has 1 aromatic carbocycles. The number of anilines is 1. The van der Waals surface area contributed by atoms with Gasteiger partial charge >= 0.3 is 0 Å². The first-order chi connectivity index (χ1) is 8.27. The predicted molar refractivity (Wildman–Crippen MR) is 70.4 cm³/mol. The van der Waals surface area contributed by atoms with Gasteiger partial charge in [0.2, 0.25) is 0 Å². The van der Waals surface area contributed by atoms with E-state index in [1.165, 1.54) is 0 Å². The Kier molecular flexibility index (Phi) is 6.46. The van der Waals surface area contributed by atoms with Crippen molar-refractivity contribution in [1.29, 1.82) is 5.26 Å². The Balaban J connectivity index is 2.36. The quantitative estimate of drug-likeness (QED) is 0.756. The Bertz CT molecular complexity index is 387. The molecule has 3 nitrogen and oxygen atoms in total. The molecule has 0 aliphatic heterocycles. The number of halogens is 1. The maximum Gasteiger partial charge on any atom is 0.101 e. The van der Waals surface area contributed by atoms with Gasteiger partial charge in [0.05, 0.1) is 11.3 Å². The molecule has 0 radical (unpaired) electrons. The summed E-state index contributed by atoms with van der Waals surface area (Å²) in [5, 5.41) is 12.8. The number of hydrogen-bond donors (Lipinski definition) is 1. The monoisotopic (exact) mass is 252 g/mol. The summed E-state index contributed by atoms with van der Waals surface area (Å²) in [6, 6.07) is 7.34. The van der Waals surface area contributed by atoms with E-state index in [1.54, 1.807) is 18.2 Å². The second kappa shape index (κ2) is 7.94. The highest BCUT2D eigenvalue weighted by atomic mass is 35.5. The molecule has 0 aromatic heterocycles. The summed E-state index contributed by atoms with van der Waals surface area (Å²) >= 11 is 5.88. The molecule has 17 heavy (non-hydrogen) atoms. The highest BCUT2D eigenvalue weighted by Crippen LogP contribution is 2.20. The van der Waals surface area contributed by atoms with Gasteiger partial charge in [-0.3, -0.25) is 0 Å². The van der Waals surface area contributed by atoms with Crippen LogP contribution in [0.25, 0.3) is 0 Å². The lowest BCUT2D eigenvalue weighted by atomic mass is 10.2. The Morgan fingerprint density at radius 2 is 2.24 bits per heavy atom. The Morgan fingerprint density at radius 3 is 2.94 bits per heavy atom. The van der Waals surface area contributed by atoms with Crippen LogP contribution in [0.4, 0.5) is 5.69 Å². The standard InChI is InChI=1S/C13H17ClN2O/c1-2-7-17-8-3-6-16-13-9-12(14)5-4-11(13)10-15/h4-5,9,16H,2-3,6-8H2,1H3. The van der Waals surface area contributed by atoms with Gasteiger partial charge in [-0.15, -0.1) is 0 Å². The van der Waals surface area contributed by atoms with Gasteiger partial charge in [0, 0.05) is 24.8 Å². The predicted octanol–water partition coefficient (Wildman–Crippen LogP) is 3.44. The average molecular weight is 253 g/mol. The molecular formula is C13H17ClN2O. The second-order valence-corrected chi connectivity index (χ2v) is 4.13. The van der Waals surface area contributed by atoms with Gasteiger partial charge in [0.1, 0.15) is 6.07 Å². The summed E-state index contributed by atoms with van der Waals surface area (Å²) in [6.07, 6.45) is 1.96. The van der Waals surface area contributed by atoms with Gasteiger partial charge in [-0.2, -0.15) is 5.26 Å². The average Bonchev–Trinajstić information content (AvgIpc) is 2.34. The van der Waals surface area contributed by atoms with E-state index >= 15 is 0 Å². The summed E-state index contributed by atoms with van der Waals surface area (Å²) in [5.74, 6) is 0. The highest BCUT2D eigenvalue weighted by molar-refractivity contribution is 6.30. The lowest BCUT2D eigenvalue weighted by Gasteiger charge is -2.08. The Hall–Kier alpha value is -1.24. The molecule has 0 heterocycles. The molecule has 1 aromatic rings. The summed E-state index contributed by atoms with van der Waals surface area (Å²) in [4.78, 5) is 0. The lowest BCUT2D eigenvalue weighted by molar-refractivity contribution is 0.134. The minimum Gasteiger partial charge on any atom is -0.384 e. The molecule has 0 aliphatic carbocycles. The third-order valence-electron chi connectivity index (χ3n) is 2.23. The Labute approximate surface area is 107 Å². The van der Waals surface area contributed by atoms with Gasteiger partial charge in [0.15, 0.2) is 0 Å². The van der Waals surface area contributed by atoms with Crippen LogP contribution >= 0.6 is 11.6 Å². The van der Waals surface area contributed by atoms with Crippen LogP contribution in [0, 0.1) is 11.3 Å². The first-order valence-electron chi connectivity index (χ1n) is 5.79. The van der Waals surface area contributed by atoms with E-state index in [-0.39, 0.29) is 0 Å². The number of nitrogens with one attached hydrogen (secondary N) is 1. The Morgan fingerprint density at radius 1 is 1.41 bits per heavy atom. The van der Waals surface area contributed by atoms with E-state index in [0.717, 1.165) is 38.3 Å². The third-order valence-corrected chi connectivity index (χ3v) is 2.47.